The van der Waals surface area contributed by atoms with Crippen LogP contribution in [-0.4, -0.2) is 38.3 Å². The van der Waals surface area contributed by atoms with Gasteiger partial charge in [0.15, 0.2) is 0 Å². The van der Waals surface area contributed by atoms with Gasteiger partial charge in [-0.15, -0.1) is 0 Å². The molecule has 1 amide bonds. The van der Waals surface area contributed by atoms with Crippen molar-refractivity contribution in [1.29, 1.82) is 0 Å². The van der Waals surface area contributed by atoms with Crippen molar-refractivity contribution in [2.24, 2.45) is 4.99 Å². The molecule has 1 atom stereocenters. The number of nitrogens with one attached hydrogen (secondary N) is 3. The highest BCUT2D eigenvalue weighted by atomic mass is 16.1. The number of hydrogen-bond acceptors (Lipinski definition) is 4. The standard InChI is InChI=1S/C18H18N6O/c1-11-7-16(24-23-11)18(25)22-15-9-12-8-14(21-17(12)20-10-15)5-4-13-3-2-6-19-13/h2-3,6-10,13H,4-5H2,1H3,(H,20,21)(H,22,25)(H,23,24). The van der Waals surface area contributed by atoms with E-state index in [1.807, 2.05) is 25.3 Å². The molecule has 0 saturated heterocycles. The van der Waals surface area contributed by atoms with E-state index in [-0.39, 0.29) is 11.9 Å². The number of rotatable bonds is 5. The SMILES string of the molecule is Cc1cc(C(=O)Nc2cnc3[nH]c(CCC4C=CC=N4)cc3c2)[nH]n1. The summed E-state index contributed by atoms with van der Waals surface area (Å²) in [5.74, 6) is -0.233. The van der Waals surface area contributed by atoms with E-state index in [1.165, 1.54) is 0 Å². The van der Waals surface area contributed by atoms with E-state index >= 15 is 0 Å². The molecule has 0 fully saturated rings. The summed E-state index contributed by atoms with van der Waals surface area (Å²) in [5, 5.41) is 10.5. The zero-order valence-electron chi connectivity index (χ0n) is 13.8. The molecule has 0 spiro atoms. The van der Waals surface area contributed by atoms with Crippen LogP contribution in [0.25, 0.3) is 11.0 Å². The Labute approximate surface area is 144 Å². The summed E-state index contributed by atoms with van der Waals surface area (Å²) in [6, 6.07) is 5.96. The number of aromatic nitrogens is 4. The van der Waals surface area contributed by atoms with E-state index in [2.05, 4.69) is 42.6 Å². The topological polar surface area (TPSA) is 98.8 Å². The molecule has 0 saturated carbocycles. The summed E-state index contributed by atoms with van der Waals surface area (Å²) < 4.78 is 0. The average Bonchev–Trinajstić information content (AvgIpc) is 3.32. The Balaban J connectivity index is 1.47. The number of allylic oxidation sites excluding steroid dienone is 1. The molecule has 0 aromatic carbocycles. The lowest BCUT2D eigenvalue weighted by Gasteiger charge is -2.02. The van der Waals surface area contributed by atoms with Gasteiger partial charge in [0, 0.05) is 17.3 Å². The highest BCUT2D eigenvalue weighted by Crippen LogP contribution is 2.20. The van der Waals surface area contributed by atoms with Crippen molar-refractivity contribution >= 4 is 28.8 Å². The van der Waals surface area contributed by atoms with Crippen LogP contribution in [0.3, 0.4) is 0 Å². The van der Waals surface area contributed by atoms with Crippen LogP contribution in [0.15, 0.2) is 41.5 Å². The molecule has 126 valence electrons. The second-order valence-electron chi connectivity index (χ2n) is 6.12. The number of carbonyl (C=O) groups is 1. The lowest BCUT2D eigenvalue weighted by molar-refractivity contribution is 0.102. The second kappa shape index (κ2) is 6.35. The zero-order chi connectivity index (χ0) is 17.2. The lowest BCUT2D eigenvalue weighted by Crippen LogP contribution is -2.12. The van der Waals surface area contributed by atoms with Crippen LogP contribution in [0.1, 0.15) is 28.3 Å². The van der Waals surface area contributed by atoms with Gasteiger partial charge in [0.2, 0.25) is 0 Å². The number of carbonyl (C=O) groups excluding carboxylic acids is 1. The van der Waals surface area contributed by atoms with E-state index < -0.39 is 0 Å². The van der Waals surface area contributed by atoms with E-state index in [0.29, 0.717) is 11.4 Å². The van der Waals surface area contributed by atoms with E-state index in [4.69, 9.17) is 0 Å². The first-order chi connectivity index (χ1) is 12.2. The smallest absolute Gasteiger partial charge is 0.273 e. The summed E-state index contributed by atoms with van der Waals surface area (Å²) in [7, 11) is 0. The third-order valence-electron chi connectivity index (χ3n) is 4.14. The van der Waals surface area contributed by atoms with Crippen molar-refractivity contribution < 1.29 is 4.79 Å². The first kappa shape index (κ1) is 15.3. The number of nitrogens with zero attached hydrogens (tertiary/aromatic N) is 3. The summed E-state index contributed by atoms with van der Waals surface area (Å²) in [4.78, 5) is 24.3. The van der Waals surface area contributed by atoms with Crippen molar-refractivity contribution in [3.05, 3.63) is 53.6 Å². The molecule has 0 bridgehead atoms. The van der Waals surface area contributed by atoms with Crippen molar-refractivity contribution in [1.82, 2.24) is 20.2 Å². The highest BCUT2D eigenvalue weighted by molar-refractivity contribution is 6.03. The number of hydrogen-bond donors (Lipinski definition) is 3. The Morgan fingerprint density at radius 2 is 2.24 bits per heavy atom. The Bertz CT molecular complexity index is 969. The van der Waals surface area contributed by atoms with Gasteiger partial charge in [0.25, 0.3) is 5.91 Å². The molecular formula is C18H18N6O. The lowest BCUT2D eigenvalue weighted by atomic mass is 10.1. The molecule has 3 aromatic heterocycles. The van der Waals surface area contributed by atoms with Crippen molar-refractivity contribution in [2.45, 2.75) is 25.8 Å². The quantitative estimate of drug-likeness (QED) is 0.669. The number of amides is 1. The number of anilines is 1. The molecule has 25 heavy (non-hydrogen) atoms. The first-order valence-corrected chi connectivity index (χ1v) is 8.18. The van der Waals surface area contributed by atoms with E-state index in [9.17, 15) is 4.79 Å². The minimum absolute atomic E-state index is 0.233. The molecule has 3 aromatic rings. The number of aromatic amines is 2. The Hall–Kier alpha value is -3.22. The molecule has 1 aliphatic rings. The Morgan fingerprint density at radius 1 is 1.32 bits per heavy atom. The van der Waals surface area contributed by atoms with Gasteiger partial charge in [-0.3, -0.25) is 14.9 Å². The molecule has 7 heteroatoms. The van der Waals surface area contributed by atoms with Gasteiger partial charge in [0.1, 0.15) is 11.3 Å². The van der Waals surface area contributed by atoms with Crippen LogP contribution < -0.4 is 5.32 Å². The number of aliphatic imine (C=N–C) groups is 1. The maximum Gasteiger partial charge on any atom is 0.273 e. The molecule has 7 nitrogen and oxygen atoms in total. The Morgan fingerprint density at radius 3 is 3.00 bits per heavy atom. The van der Waals surface area contributed by atoms with Crippen LogP contribution in [0.2, 0.25) is 0 Å². The molecule has 4 rings (SSSR count). The summed E-state index contributed by atoms with van der Waals surface area (Å²) >= 11 is 0. The van der Waals surface area contributed by atoms with Crippen molar-refractivity contribution in [3.63, 3.8) is 0 Å². The minimum atomic E-state index is -0.233. The second-order valence-corrected chi connectivity index (χ2v) is 6.12. The fourth-order valence-electron chi connectivity index (χ4n) is 2.87. The number of H-pyrrole nitrogens is 2. The third kappa shape index (κ3) is 3.35. The first-order valence-electron chi connectivity index (χ1n) is 8.18. The summed E-state index contributed by atoms with van der Waals surface area (Å²) in [5.41, 5.74) is 3.79. The average molecular weight is 334 g/mol. The molecule has 0 aliphatic carbocycles. The van der Waals surface area contributed by atoms with Gasteiger partial charge in [-0.05, 0) is 44.0 Å². The van der Waals surface area contributed by atoms with Crippen LogP contribution >= 0.6 is 0 Å². The van der Waals surface area contributed by atoms with Crippen molar-refractivity contribution in [2.75, 3.05) is 5.32 Å². The van der Waals surface area contributed by atoms with Crippen LogP contribution in [0.5, 0.6) is 0 Å². The van der Waals surface area contributed by atoms with Gasteiger partial charge >= 0.3 is 0 Å². The molecular weight excluding hydrogens is 316 g/mol. The van der Waals surface area contributed by atoms with Crippen LogP contribution in [-0.2, 0) is 6.42 Å². The highest BCUT2D eigenvalue weighted by Gasteiger charge is 2.11. The predicted octanol–water partition coefficient (Wildman–Crippen LogP) is 2.79. The van der Waals surface area contributed by atoms with Gasteiger partial charge in [-0.25, -0.2) is 4.98 Å². The van der Waals surface area contributed by atoms with Gasteiger partial charge in [0.05, 0.1) is 23.6 Å². The van der Waals surface area contributed by atoms with Gasteiger partial charge < -0.3 is 10.3 Å². The maximum absolute atomic E-state index is 12.2. The summed E-state index contributed by atoms with van der Waals surface area (Å²) in [6.07, 6.45) is 9.43. The fraction of sp³-hybridized carbons (Fsp3) is 0.222. The summed E-state index contributed by atoms with van der Waals surface area (Å²) in [6.45, 7) is 1.83. The zero-order valence-corrected chi connectivity index (χ0v) is 13.8. The predicted molar refractivity (Wildman–Crippen MR) is 97.1 cm³/mol. The number of aryl methyl sites for hydroxylation is 2. The number of pyridine rings is 1. The van der Waals surface area contributed by atoms with Crippen LogP contribution in [0.4, 0.5) is 5.69 Å². The van der Waals surface area contributed by atoms with Gasteiger partial charge in [-0.1, -0.05) is 6.08 Å². The fourth-order valence-corrected chi connectivity index (χ4v) is 2.87. The van der Waals surface area contributed by atoms with E-state index in [0.717, 1.165) is 35.3 Å². The molecule has 3 N–H and O–H groups in total. The van der Waals surface area contributed by atoms with Crippen molar-refractivity contribution in [3.8, 4) is 0 Å². The van der Waals surface area contributed by atoms with E-state index in [1.54, 1.807) is 12.3 Å². The molecule has 0 radical (unpaired) electrons. The normalized spacial score (nSPS) is 16.0. The molecule has 4 heterocycles. The molecule has 1 unspecified atom stereocenters. The third-order valence-corrected chi connectivity index (χ3v) is 4.14. The monoisotopic (exact) mass is 334 g/mol. The largest absolute Gasteiger partial charge is 0.343 e. The van der Waals surface area contributed by atoms with Crippen LogP contribution in [0, 0.1) is 6.92 Å². The number of fused-ring (bicyclic) bond motifs is 1. The maximum atomic E-state index is 12.2. The minimum Gasteiger partial charge on any atom is -0.343 e. The molecule has 1 aliphatic heterocycles. The Kier molecular flexibility index (Phi) is 3.89. The van der Waals surface area contributed by atoms with Gasteiger partial charge in [-0.2, -0.15) is 5.10 Å².